The van der Waals surface area contributed by atoms with E-state index in [4.69, 9.17) is 9.47 Å². The zero-order valence-electron chi connectivity index (χ0n) is 21.5. The Balaban J connectivity index is 2.48. The van der Waals surface area contributed by atoms with E-state index in [1.807, 2.05) is 0 Å². The van der Waals surface area contributed by atoms with E-state index >= 15 is 0 Å². The minimum atomic E-state index is -0.260. The van der Waals surface area contributed by atoms with Crippen LogP contribution in [0.5, 0.6) is 11.5 Å². The molecule has 1 unspecified atom stereocenters. The Labute approximate surface area is 202 Å². The molecule has 0 N–H and O–H groups in total. The normalized spacial score (nSPS) is 11.8. The quantitative estimate of drug-likeness (QED) is 0.111. The van der Waals surface area contributed by atoms with Gasteiger partial charge in [0.25, 0.3) is 0 Å². The lowest BCUT2D eigenvalue weighted by Crippen LogP contribution is -2.21. The molecule has 4 nitrogen and oxygen atoms in total. The van der Waals surface area contributed by atoms with Gasteiger partial charge in [0.1, 0.15) is 0 Å². The highest BCUT2D eigenvalue weighted by Gasteiger charge is 2.21. The molecule has 0 aliphatic carbocycles. The highest BCUT2D eigenvalue weighted by atomic mass is 16.6. The number of benzene rings is 1. The third kappa shape index (κ3) is 14.1. The van der Waals surface area contributed by atoms with Crippen molar-refractivity contribution in [2.45, 2.75) is 130 Å². The number of esters is 2. The molecule has 1 aromatic rings. The van der Waals surface area contributed by atoms with Crippen LogP contribution < -0.4 is 9.47 Å². The summed E-state index contributed by atoms with van der Waals surface area (Å²) in [6.45, 7) is 6.53. The lowest BCUT2D eigenvalue weighted by molar-refractivity contribution is -0.140. The van der Waals surface area contributed by atoms with Gasteiger partial charge in [-0.15, -0.1) is 0 Å². The molecule has 0 aliphatic rings. The van der Waals surface area contributed by atoms with E-state index in [1.165, 1.54) is 64.2 Å². The summed E-state index contributed by atoms with van der Waals surface area (Å²) in [4.78, 5) is 25.2. The van der Waals surface area contributed by atoms with Gasteiger partial charge >= 0.3 is 11.9 Å². The van der Waals surface area contributed by atoms with Gasteiger partial charge in [0.2, 0.25) is 0 Å². The third-order valence-corrected chi connectivity index (χ3v) is 6.14. The lowest BCUT2D eigenvalue weighted by atomic mass is 9.96. The van der Waals surface area contributed by atoms with Gasteiger partial charge in [-0.2, -0.15) is 0 Å². The highest BCUT2D eigenvalue weighted by molar-refractivity contribution is 5.77. The van der Waals surface area contributed by atoms with Gasteiger partial charge in [0.05, 0.1) is 5.92 Å². The van der Waals surface area contributed by atoms with Gasteiger partial charge in [0.15, 0.2) is 11.5 Å². The summed E-state index contributed by atoms with van der Waals surface area (Å²) in [5.41, 5.74) is 0. The van der Waals surface area contributed by atoms with Crippen LogP contribution in [-0.2, 0) is 9.59 Å². The van der Waals surface area contributed by atoms with E-state index in [1.54, 1.807) is 24.3 Å². The molecular weight excluding hydrogens is 412 g/mol. The highest BCUT2D eigenvalue weighted by Crippen LogP contribution is 2.29. The molecule has 0 saturated carbocycles. The van der Waals surface area contributed by atoms with Crippen molar-refractivity contribution in [2.24, 2.45) is 5.92 Å². The van der Waals surface area contributed by atoms with Crippen LogP contribution in [0.25, 0.3) is 0 Å². The maximum atomic E-state index is 12.9. The maximum absolute atomic E-state index is 12.9. The van der Waals surface area contributed by atoms with Crippen LogP contribution in [0, 0.1) is 5.92 Å². The molecule has 0 fully saturated rings. The fourth-order valence-corrected chi connectivity index (χ4v) is 4.11. The number of hydrogen-bond donors (Lipinski definition) is 0. The van der Waals surface area contributed by atoms with Crippen molar-refractivity contribution in [2.75, 3.05) is 0 Å². The molecule has 0 spiro atoms. The summed E-state index contributed by atoms with van der Waals surface area (Å²) < 4.78 is 11.3. The van der Waals surface area contributed by atoms with Crippen molar-refractivity contribution < 1.29 is 19.1 Å². The molecule has 0 radical (unpaired) electrons. The lowest BCUT2D eigenvalue weighted by Gasteiger charge is -2.16. The molecule has 4 heteroatoms. The monoisotopic (exact) mass is 460 g/mol. The van der Waals surface area contributed by atoms with Crippen LogP contribution in [0.15, 0.2) is 24.3 Å². The van der Waals surface area contributed by atoms with Gasteiger partial charge in [0, 0.05) is 6.42 Å². The summed E-state index contributed by atoms with van der Waals surface area (Å²) in [5, 5.41) is 0. The number of carbonyl (C=O) groups excluding carboxylic acids is 2. The summed E-state index contributed by atoms with van der Waals surface area (Å²) in [6.07, 6.45) is 18.4. The topological polar surface area (TPSA) is 52.6 Å². The number of carbonyl (C=O) groups is 2. The van der Waals surface area contributed by atoms with Crippen molar-refractivity contribution >= 4 is 11.9 Å². The van der Waals surface area contributed by atoms with Crippen LogP contribution >= 0.6 is 0 Å². The Morgan fingerprint density at radius 1 is 0.636 bits per heavy atom. The molecule has 188 valence electrons. The van der Waals surface area contributed by atoms with E-state index in [9.17, 15) is 9.59 Å². The van der Waals surface area contributed by atoms with E-state index in [-0.39, 0.29) is 17.9 Å². The average molecular weight is 461 g/mol. The van der Waals surface area contributed by atoms with Gasteiger partial charge in [-0.3, -0.25) is 9.59 Å². The van der Waals surface area contributed by atoms with Gasteiger partial charge in [-0.25, -0.2) is 0 Å². The molecule has 0 aliphatic heterocycles. The summed E-state index contributed by atoms with van der Waals surface area (Å²) in [6, 6.07) is 7.02. The first-order chi connectivity index (χ1) is 16.1. The summed E-state index contributed by atoms with van der Waals surface area (Å²) in [5.74, 6) is 0.121. The maximum Gasteiger partial charge on any atom is 0.314 e. The molecule has 0 amide bonds. The molecular formula is C29H48O4. The predicted molar refractivity (Wildman–Crippen MR) is 137 cm³/mol. The van der Waals surface area contributed by atoms with Crippen molar-refractivity contribution in [1.29, 1.82) is 0 Å². The van der Waals surface area contributed by atoms with Crippen LogP contribution in [0.4, 0.5) is 0 Å². The zero-order chi connectivity index (χ0) is 24.2. The SMILES string of the molecule is CCCCCCCCCC(=O)Oc1ccccc1OC(=O)C(CCC)CCCCCCCC. The van der Waals surface area contributed by atoms with Gasteiger partial charge in [-0.05, 0) is 31.4 Å². The fourth-order valence-electron chi connectivity index (χ4n) is 4.11. The van der Waals surface area contributed by atoms with Crippen LogP contribution in [0.3, 0.4) is 0 Å². The van der Waals surface area contributed by atoms with Crippen molar-refractivity contribution in [3.63, 3.8) is 0 Å². The van der Waals surface area contributed by atoms with Crippen LogP contribution in [0.2, 0.25) is 0 Å². The molecule has 1 rings (SSSR count). The van der Waals surface area contributed by atoms with Gasteiger partial charge < -0.3 is 9.47 Å². The van der Waals surface area contributed by atoms with Gasteiger partial charge in [-0.1, -0.05) is 116 Å². The predicted octanol–water partition coefficient (Wildman–Crippen LogP) is 8.81. The first kappa shape index (κ1) is 29.2. The first-order valence-corrected chi connectivity index (χ1v) is 13.6. The van der Waals surface area contributed by atoms with E-state index in [2.05, 4.69) is 20.8 Å². The molecule has 1 atom stereocenters. The minimum absolute atomic E-state index is 0.0994. The second kappa shape index (κ2) is 19.6. The second-order valence-corrected chi connectivity index (χ2v) is 9.26. The molecule has 1 aromatic carbocycles. The van der Waals surface area contributed by atoms with E-state index < -0.39 is 0 Å². The van der Waals surface area contributed by atoms with Crippen molar-refractivity contribution in [3.05, 3.63) is 24.3 Å². The Morgan fingerprint density at radius 3 is 1.73 bits per heavy atom. The first-order valence-electron chi connectivity index (χ1n) is 13.6. The summed E-state index contributed by atoms with van der Waals surface area (Å²) >= 11 is 0. The minimum Gasteiger partial charge on any atom is -0.423 e. The Morgan fingerprint density at radius 2 is 1.15 bits per heavy atom. The van der Waals surface area contributed by atoms with Crippen LogP contribution in [-0.4, -0.2) is 11.9 Å². The number of para-hydroxylation sites is 2. The molecule has 0 heterocycles. The smallest absolute Gasteiger partial charge is 0.314 e. The van der Waals surface area contributed by atoms with E-state index in [0.717, 1.165) is 38.5 Å². The number of ether oxygens (including phenoxy) is 2. The molecule has 0 bridgehead atoms. The molecule has 0 aromatic heterocycles. The Hall–Kier alpha value is -1.84. The zero-order valence-corrected chi connectivity index (χ0v) is 21.5. The largest absolute Gasteiger partial charge is 0.423 e. The van der Waals surface area contributed by atoms with Crippen molar-refractivity contribution in [3.8, 4) is 11.5 Å². The Kier molecular flexibility index (Phi) is 17.4. The number of hydrogen-bond acceptors (Lipinski definition) is 4. The second-order valence-electron chi connectivity index (χ2n) is 9.26. The molecule has 0 saturated heterocycles. The molecule has 33 heavy (non-hydrogen) atoms. The third-order valence-electron chi connectivity index (χ3n) is 6.14. The average Bonchev–Trinajstić information content (AvgIpc) is 2.81. The van der Waals surface area contributed by atoms with Crippen molar-refractivity contribution in [1.82, 2.24) is 0 Å². The number of rotatable bonds is 20. The van der Waals surface area contributed by atoms with Crippen LogP contribution in [0.1, 0.15) is 130 Å². The fraction of sp³-hybridized carbons (Fsp3) is 0.724. The summed E-state index contributed by atoms with van der Waals surface area (Å²) in [7, 11) is 0. The van der Waals surface area contributed by atoms with E-state index in [0.29, 0.717) is 17.9 Å². The number of unbranched alkanes of at least 4 members (excludes halogenated alkanes) is 11. The standard InChI is InChI=1S/C29H48O4/c1-4-7-9-11-13-15-17-24-28(30)32-26-22-18-19-23-27(26)33-29(31)25(20-6-3)21-16-14-12-10-8-5-2/h18-19,22-23,25H,4-17,20-21,24H2,1-3H3. The Bertz CT molecular complexity index is 640.